The number of nitrogens with one attached hydrogen (secondary N) is 2. The van der Waals surface area contributed by atoms with Gasteiger partial charge in [0.05, 0.1) is 11.6 Å². The average Bonchev–Trinajstić information content (AvgIpc) is 2.92. The summed E-state index contributed by atoms with van der Waals surface area (Å²) in [6.07, 6.45) is 1.31. The molecule has 0 aliphatic rings. The fraction of sp³-hybridized carbons (Fsp3) is 0.250. The van der Waals surface area contributed by atoms with E-state index in [0.29, 0.717) is 5.82 Å². The first-order chi connectivity index (χ1) is 9.58. The Kier molecular flexibility index (Phi) is 4.24. The van der Waals surface area contributed by atoms with E-state index in [0.717, 1.165) is 0 Å². The molecule has 1 heterocycles. The number of benzene rings is 1. The molecular weight excluding hydrogens is 270 g/mol. The predicted octanol–water partition coefficient (Wildman–Crippen LogP) is 1.90. The van der Waals surface area contributed by atoms with Crippen molar-refractivity contribution in [3.63, 3.8) is 0 Å². The number of hydrogen-bond acceptors (Lipinski definition) is 4. The molecule has 1 unspecified atom stereocenters. The third-order valence-corrected chi connectivity index (χ3v) is 2.54. The summed E-state index contributed by atoms with van der Waals surface area (Å²) >= 11 is 0. The van der Waals surface area contributed by atoms with Crippen LogP contribution in [0, 0.1) is 0 Å². The number of hydrogen-bond donors (Lipinski definition) is 2. The zero-order valence-electron chi connectivity index (χ0n) is 10.5. The number of halogens is 2. The van der Waals surface area contributed by atoms with Crippen molar-refractivity contribution in [2.45, 2.75) is 19.6 Å². The zero-order valence-corrected chi connectivity index (χ0v) is 10.5. The Morgan fingerprint density at radius 1 is 1.40 bits per heavy atom. The molecule has 0 aliphatic carbocycles. The summed E-state index contributed by atoms with van der Waals surface area (Å²) in [7, 11) is 0. The van der Waals surface area contributed by atoms with Crippen molar-refractivity contribution >= 4 is 5.91 Å². The standard InChI is InChI=1S/C12H12F2N4O2/c1-7(10-15-6-16-18-10)17-11(19)8-4-2-3-5-9(8)20-12(13)14/h2-7,12H,1H3,(H,17,19)(H,15,16,18). The maximum absolute atomic E-state index is 12.3. The molecule has 1 aromatic carbocycles. The molecule has 1 amide bonds. The van der Waals surface area contributed by atoms with Crippen molar-refractivity contribution in [2.24, 2.45) is 0 Å². The van der Waals surface area contributed by atoms with Crippen LogP contribution in [-0.2, 0) is 0 Å². The summed E-state index contributed by atoms with van der Waals surface area (Å²) in [5, 5.41) is 8.90. The Labute approximate surface area is 113 Å². The monoisotopic (exact) mass is 282 g/mol. The van der Waals surface area contributed by atoms with Crippen LogP contribution in [0.5, 0.6) is 5.75 Å². The second kappa shape index (κ2) is 6.09. The van der Waals surface area contributed by atoms with E-state index >= 15 is 0 Å². The van der Waals surface area contributed by atoms with E-state index in [1.165, 1.54) is 24.5 Å². The molecule has 0 saturated heterocycles. The van der Waals surface area contributed by atoms with Gasteiger partial charge < -0.3 is 10.1 Å². The van der Waals surface area contributed by atoms with Crippen molar-refractivity contribution in [2.75, 3.05) is 0 Å². The number of rotatable bonds is 5. The van der Waals surface area contributed by atoms with Gasteiger partial charge in [0.2, 0.25) is 0 Å². The van der Waals surface area contributed by atoms with Crippen molar-refractivity contribution in [1.29, 1.82) is 0 Å². The highest BCUT2D eigenvalue weighted by Gasteiger charge is 2.18. The SMILES string of the molecule is CC(NC(=O)c1ccccc1OC(F)F)c1ncn[nH]1. The highest BCUT2D eigenvalue weighted by Crippen LogP contribution is 2.21. The van der Waals surface area contributed by atoms with Crippen LogP contribution in [0.2, 0.25) is 0 Å². The summed E-state index contributed by atoms with van der Waals surface area (Å²) in [5.41, 5.74) is 0.0270. The third kappa shape index (κ3) is 3.28. The molecule has 8 heteroatoms. The second-order valence-corrected chi connectivity index (χ2v) is 3.94. The number of aromatic amines is 1. The van der Waals surface area contributed by atoms with Crippen LogP contribution >= 0.6 is 0 Å². The van der Waals surface area contributed by atoms with Gasteiger partial charge in [0, 0.05) is 0 Å². The fourth-order valence-corrected chi connectivity index (χ4v) is 1.62. The molecule has 1 atom stereocenters. The van der Waals surface area contributed by atoms with Crippen LogP contribution in [0.4, 0.5) is 8.78 Å². The van der Waals surface area contributed by atoms with Gasteiger partial charge in [-0.1, -0.05) is 12.1 Å². The van der Waals surface area contributed by atoms with Crippen molar-refractivity contribution in [3.05, 3.63) is 42.0 Å². The minimum Gasteiger partial charge on any atom is -0.434 e. The van der Waals surface area contributed by atoms with Crippen LogP contribution in [-0.4, -0.2) is 27.7 Å². The van der Waals surface area contributed by atoms with Crippen LogP contribution in [0.1, 0.15) is 29.1 Å². The van der Waals surface area contributed by atoms with E-state index in [2.05, 4.69) is 25.2 Å². The molecule has 106 valence electrons. The Hall–Kier alpha value is -2.51. The minimum absolute atomic E-state index is 0.0270. The van der Waals surface area contributed by atoms with Gasteiger partial charge in [0.25, 0.3) is 5.91 Å². The number of amides is 1. The lowest BCUT2D eigenvalue weighted by atomic mass is 10.1. The zero-order chi connectivity index (χ0) is 14.5. The topological polar surface area (TPSA) is 79.9 Å². The van der Waals surface area contributed by atoms with E-state index in [1.54, 1.807) is 13.0 Å². The Balaban J connectivity index is 2.13. The average molecular weight is 282 g/mol. The Morgan fingerprint density at radius 2 is 2.15 bits per heavy atom. The van der Waals surface area contributed by atoms with Gasteiger partial charge in [0.15, 0.2) is 0 Å². The largest absolute Gasteiger partial charge is 0.434 e. The summed E-state index contributed by atoms with van der Waals surface area (Å²) in [4.78, 5) is 16.0. The molecule has 0 radical (unpaired) electrons. The lowest BCUT2D eigenvalue weighted by Crippen LogP contribution is -2.28. The molecule has 0 fully saturated rings. The van der Waals surface area contributed by atoms with Crippen LogP contribution in [0.3, 0.4) is 0 Å². The summed E-state index contributed by atoms with van der Waals surface area (Å²) in [5.74, 6) is -0.250. The maximum atomic E-state index is 12.3. The summed E-state index contributed by atoms with van der Waals surface area (Å²) in [6.45, 7) is -1.30. The van der Waals surface area contributed by atoms with Gasteiger partial charge in [-0.25, -0.2) is 4.98 Å². The minimum atomic E-state index is -2.99. The number of ether oxygens (including phenoxy) is 1. The van der Waals surface area contributed by atoms with E-state index in [9.17, 15) is 13.6 Å². The molecule has 2 N–H and O–H groups in total. The summed E-state index contributed by atoms with van der Waals surface area (Å²) < 4.78 is 28.9. The highest BCUT2D eigenvalue weighted by molar-refractivity contribution is 5.97. The first-order valence-corrected chi connectivity index (χ1v) is 5.78. The number of carbonyl (C=O) groups is 1. The molecular formula is C12H12F2N4O2. The van der Waals surface area contributed by atoms with Gasteiger partial charge in [-0.05, 0) is 19.1 Å². The second-order valence-electron chi connectivity index (χ2n) is 3.94. The maximum Gasteiger partial charge on any atom is 0.387 e. The number of aromatic nitrogens is 3. The van der Waals surface area contributed by atoms with Crippen LogP contribution in [0.15, 0.2) is 30.6 Å². The number of para-hydroxylation sites is 1. The van der Waals surface area contributed by atoms with Gasteiger partial charge in [-0.2, -0.15) is 13.9 Å². The van der Waals surface area contributed by atoms with Gasteiger partial charge >= 0.3 is 6.61 Å². The molecule has 0 aliphatic heterocycles. The van der Waals surface area contributed by atoms with Gasteiger partial charge in [-0.15, -0.1) is 0 Å². The fourth-order valence-electron chi connectivity index (χ4n) is 1.62. The van der Waals surface area contributed by atoms with Crippen LogP contribution < -0.4 is 10.1 Å². The Bertz CT molecular complexity index is 575. The third-order valence-electron chi connectivity index (χ3n) is 2.54. The molecule has 6 nitrogen and oxygen atoms in total. The first kappa shape index (κ1) is 13.9. The highest BCUT2D eigenvalue weighted by atomic mass is 19.3. The number of alkyl halides is 2. The van der Waals surface area contributed by atoms with Crippen LogP contribution in [0.25, 0.3) is 0 Å². The summed E-state index contributed by atoms with van der Waals surface area (Å²) in [6, 6.07) is 5.34. The molecule has 0 bridgehead atoms. The van der Waals surface area contributed by atoms with E-state index in [4.69, 9.17) is 0 Å². The quantitative estimate of drug-likeness (QED) is 0.877. The molecule has 2 aromatic rings. The number of H-pyrrole nitrogens is 1. The smallest absolute Gasteiger partial charge is 0.387 e. The van der Waals surface area contributed by atoms with E-state index in [-0.39, 0.29) is 11.3 Å². The number of carbonyl (C=O) groups excluding carboxylic acids is 1. The van der Waals surface area contributed by atoms with Gasteiger partial charge in [0.1, 0.15) is 17.9 Å². The molecule has 2 rings (SSSR count). The predicted molar refractivity (Wildman–Crippen MR) is 65.3 cm³/mol. The van der Waals surface area contributed by atoms with E-state index < -0.39 is 18.6 Å². The first-order valence-electron chi connectivity index (χ1n) is 5.78. The molecule has 20 heavy (non-hydrogen) atoms. The van der Waals surface area contributed by atoms with Gasteiger partial charge in [-0.3, -0.25) is 9.89 Å². The molecule has 1 aromatic heterocycles. The lowest BCUT2D eigenvalue weighted by molar-refractivity contribution is -0.0501. The molecule has 0 spiro atoms. The van der Waals surface area contributed by atoms with Crippen molar-refractivity contribution in [1.82, 2.24) is 20.5 Å². The normalized spacial score (nSPS) is 12.2. The molecule has 0 saturated carbocycles. The van der Waals surface area contributed by atoms with Crippen molar-refractivity contribution < 1.29 is 18.3 Å². The number of nitrogens with zero attached hydrogens (tertiary/aromatic N) is 2. The van der Waals surface area contributed by atoms with E-state index in [1.807, 2.05) is 0 Å². The van der Waals surface area contributed by atoms with Crippen molar-refractivity contribution in [3.8, 4) is 5.75 Å². The lowest BCUT2D eigenvalue weighted by Gasteiger charge is -2.13. The Morgan fingerprint density at radius 3 is 2.80 bits per heavy atom.